The highest BCUT2D eigenvalue weighted by Gasteiger charge is 2.35. The molecule has 94 valence electrons. The summed E-state index contributed by atoms with van der Waals surface area (Å²) in [6, 6.07) is 0.841. The molecule has 0 saturated carbocycles. The third-order valence-electron chi connectivity index (χ3n) is 1.54. The number of pyridine rings is 1. The fourth-order valence-corrected chi connectivity index (χ4v) is 1.23. The predicted molar refractivity (Wildman–Crippen MR) is 51.9 cm³/mol. The maximum Gasteiger partial charge on any atom is 0.574 e. The average molecular weight is 317 g/mol. The Morgan fingerprint density at radius 3 is 2.59 bits per heavy atom. The fraction of sp³-hybridized carbons (Fsp3) is 0.286. The van der Waals surface area contributed by atoms with Crippen molar-refractivity contribution in [1.29, 1.82) is 0 Å². The summed E-state index contributed by atoms with van der Waals surface area (Å²) in [5.74, 6) is -2.52. The molecule has 1 aromatic rings. The van der Waals surface area contributed by atoms with E-state index >= 15 is 0 Å². The van der Waals surface area contributed by atoms with Crippen LogP contribution in [0, 0.1) is 10.1 Å². The summed E-state index contributed by atoms with van der Waals surface area (Å²) in [6.07, 6.45) is -5.09. The van der Waals surface area contributed by atoms with Gasteiger partial charge < -0.3 is 9.84 Å². The molecule has 0 fully saturated rings. The molecule has 0 aromatic carbocycles. The highest BCUT2D eigenvalue weighted by molar-refractivity contribution is 9.08. The van der Waals surface area contributed by atoms with Crippen molar-refractivity contribution >= 4 is 21.6 Å². The number of hydrogen-bond acceptors (Lipinski definition) is 5. The van der Waals surface area contributed by atoms with Crippen LogP contribution in [0.1, 0.15) is 5.69 Å². The molecule has 0 bridgehead atoms. The maximum absolute atomic E-state index is 11.9. The topological polar surface area (TPSA) is 85.5 Å². The molecule has 0 saturated heterocycles. The number of halogens is 4. The molecule has 0 aliphatic heterocycles. The van der Waals surface area contributed by atoms with Gasteiger partial charge in [0.1, 0.15) is 0 Å². The van der Waals surface area contributed by atoms with Crippen molar-refractivity contribution in [2.24, 2.45) is 0 Å². The highest BCUT2D eigenvalue weighted by atomic mass is 79.9. The van der Waals surface area contributed by atoms with Crippen LogP contribution in [0.15, 0.2) is 6.07 Å². The molecule has 1 aromatic heterocycles. The van der Waals surface area contributed by atoms with Crippen molar-refractivity contribution in [1.82, 2.24) is 4.98 Å². The monoisotopic (exact) mass is 316 g/mol. The van der Waals surface area contributed by atoms with Crippen LogP contribution in [0.3, 0.4) is 0 Å². The Morgan fingerprint density at radius 1 is 1.59 bits per heavy atom. The van der Waals surface area contributed by atoms with Crippen LogP contribution in [-0.2, 0) is 5.33 Å². The van der Waals surface area contributed by atoms with E-state index in [0.29, 0.717) is 0 Å². The Labute approximate surface area is 100 Å². The van der Waals surface area contributed by atoms with E-state index in [2.05, 4.69) is 25.7 Å². The second-order valence-corrected chi connectivity index (χ2v) is 3.29. The van der Waals surface area contributed by atoms with Gasteiger partial charge in [0, 0.05) is 11.4 Å². The minimum absolute atomic E-state index is 0.0255. The molecular formula is C7H4BrF3N2O4. The summed E-state index contributed by atoms with van der Waals surface area (Å²) in [5.41, 5.74) is -0.984. The van der Waals surface area contributed by atoms with E-state index in [1.165, 1.54) is 0 Å². The lowest BCUT2D eigenvalue weighted by atomic mass is 10.3. The Morgan fingerprint density at radius 2 is 2.18 bits per heavy atom. The maximum atomic E-state index is 11.9. The third-order valence-corrected chi connectivity index (χ3v) is 2.11. The predicted octanol–water partition coefficient (Wildman–Crippen LogP) is 2.49. The van der Waals surface area contributed by atoms with E-state index in [0.717, 1.165) is 6.07 Å². The van der Waals surface area contributed by atoms with Crippen LogP contribution < -0.4 is 4.74 Å². The lowest BCUT2D eigenvalue weighted by molar-refractivity contribution is -0.386. The fourth-order valence-electron chi connectivity index (χ4n) is 0.940. The van der Waals surface area contributed by atoms with E-state index in [1.807, 2.05) is 0 Å². The molecule has 17 heavy (non-hydrogen) atoms. The van der Waals surface area contributed by atoms with E-state index in [9.17, 15) is 28.4 Å². The van der Waals surface area contributed by atoms with Gasteiger partial charge in [0.25, 0.3) is 11.6 Å². The van der Waals surface area contributed by atoms with Gasteiger partial charge >= 0.3 is 12.0 Å². The second-order valence-electron chi connectivity index (χ2n) is 2.73. The quantitative estimate of drug-likeness (QED) is 0.526. The minimum atomic E-state index is -5.09. The lowest BCUT2D eigenvalue weighted by Crippen LogP contribution is -2.18. The smallest absolute Gasteiger partial charge is 0.498 e. The lowest BCUT2D eigenvalue weighted by Gasteiger charge is -2.10. The van der Waals surface area contributed by atoms with Crippen molar-refractivity contribution in [3.8, 4) is 11.6 Å². The van der Waals surface area contributed by atoms with Gasteiger partial charge in [0.15, 0.2) is 0 Å². The molecular weight excluding hydrogens is 313 g/mol. The molecule has 1 N–H and O–H groups in total. The standard InChI is InChI=1S/C7H4BrF3N2O4/c8-2-3-1-4(13(15)16)5(14)6(12-3)17-7(9,10)11/h1,14H,2H2. The van der Waals surface area contributed by atoms with Crippen molar-refractivity contribution < 1.29 is 27.9 Å². The van der Waals surface area contributed by atoms with Crippen LogP contribution in [0.2, 0.25) is 0 Å². The van der Waals surface area contributed by atoms with E-state index < -0.39 is 28.6 Å². The van der Waals surface area contributed by atoms with Crippen LogP contribution in [0.4, 0.5) is 18.9 Å². The zero-order chi connectivity index (χ0) is 13.2. The number of hydrogen-bond donors (Lipinski definition) is 1. The largest absolute Gasteiger partial charge is 0.574 e. The molecule has 0 amide bonds. The van der Waals surface area contributed by atoms with Crippen LogP contribution >= 0.6 is 15.9 Å². The summed E-state index contributed by atoms with van der Waals surface area (Å²) in [7, 11) is 0. The summed E-state index contributed by atoms with van der Waals surface area (Å²) in [6.45, 7) is 0. The van der Waals surface area contributed by atoms with E-state index in [1.54, 1.807) is 0 Å². The van der Waals surface area contributed by atoms with Crippen LogP contribution in [0.5, 0.6) is 11.6 Å². The molecule has 10 heteroatoms. The Bertz CT molecular complexity index is 451. The zero-order valence-electron chi connectivity index (χ0n) is 7.86. The summed E-state index contributed by atoms with van der Waals surface area (Å²) >= 11 is 2.88. The molecule has 1 rings (SSSR count). The van der Waals surface area contributed by atoms with Gasteiger partial charge in [0.2, 0.25) is 0 Å². The molecule has 0 spiro atoms. The molecule has 0 unspecified atom stereocenters. The van der Waals surface area contributed by atoms with Gasteiger partial charge in [-0.25, -0.2) is 4.98 Å². The van der Waals surface area contributed by atoms with Crippen molar-refractivity contribution in [2.75, 3.05) is 0 Å². The van der Waals surface area contributed by atoms with Gasteiger partial charge in [-0.2, -0.15) is 0 Å². The Hall–Kier alpha value is -1.58. The number of alkyl halides is 4. The first-order chi connectivity index (χ1) is 7.74. The number of nitro groups is 1. The number of nitrogens with zero attached hydrogens (tertiary/aromatic N) is 2. The average Bonchev–Trinajstić information content (AvgIpc) is 2.18. The summed E-state index contributed by atoms with van der Waals surface area (Å²) < 4.78 is 39.2. The van der Waals surface area contributed by atoms with Gasteiger partial charge in [-0.15, -0.1) is 13.2 Å². The number of aromatic hydroxyl groups is 1. The second kappa shape index (κ2) is 4.73. The van der Waals surface area contributed by atoms with Crippen molar-refractivity contribution in [3.05, 3.63) is 21.9 Å². The van der Waals surface area contributed by atoms with Crippen molar-refractivity contribution in [3.63, 3.8) is 0 Å². The van der Waals surface area contributed by atoms with Gasteiger partial charge in [-0.3, -0.25) is 10.1 Å². The van der Waals surface area contributed by atoms with Crippen molar-refractivity contribution in [2.45, 2.75) is 11.7 Å². The summed E-state index contributed by atoms with van der Waals surface area (Å²) in [5, 5.41) is 19.6. The van der Waals surface area contributed by atoms with E-state index in [-0.39, 0.29) is 11.0 Å². The number of rotatable bonds is 3. The first kappa shape index (κ1) is 13.5. The Balaban J connectivity index is 3.29. The molecule has 0 radical (unpaired) electrons. The van der Waals surface area contributed by atoms with Gasteiger partial charge in [0.05, 0.1) is 10.6 Å². The molecule has 0 aliphatic carbocycles. The first-order valence-corrected chi connectivity index (χ1v) is 5.05. The van der Waals surface area contributed by atoms with Crippen LogP contribution in [-0.4, -0.2) is 21.4 Å². The number of aromatic nitrogens is 1. The normalized spacial score (nSPS) is 11.3. The molecule has 6 nitrogen and oxygen atoms in total. The first-order valence-electron chi connectivity index (χ1n) is 3.93. The van der Waals surface area contributed by atoms with Gasteiger partial charge in [-0.05, 0) is 0 Å². The zero-order valence-corrected chi connectivity index (χ0v) is 9.45. The highest BCUT2D eigenvalue weighted by Crippen LogP contribution is 2.37. The molecule has 1 heterocycles. The Kier molecular flexibility index (Phi) is 3.76. The third kappa shape index (κ3) is 3.44. The van der Waals surface area contributed by atoms with Gasteiger partial charge in [-0.1, -0.05) is 15.9 Å². The molecule has 0 atom stereocenters. The summed E-state index contributed by atoms with van der Waals surface area (Å²) in [4.78, 5) is 12.7. The molecule has 0 aliphatic rings. The number of ether oxygens (including phenoxy) is 1. The SMILES string of the molecule is O=[N+]([O-])c1cc(CBr)nc(OC(F)(F)F)c1O. The minimum Gasteiger partial charge on any atom is -0.498 e. The van der Waals surface area contributed by atoms with E-state index in [4.69, 9.17) is 0 Å². The van der Waals surface area contributed by atoms with Crippen LogP contribution in [0.25, 0.3) is 0 Å².